The topological polar surface area (TPSA) is 79.9 Å². The van der Waals surface area contributed by atoms with Crippen molar-refractivity contribution < 1.29 is 9.53 Å². The van der Waals surface area contributed by atoms with Gasteiger partial charge in [-0.25, -0.2) is 4.98 Å². The van der Waals surface area contributed by atoms with E-state index < -0.39 is 6.10 Å². The van der Waals surface area contributed by atoms with Gasteiger partial charge in [0.25, 0.3) is 5.91 Å². The van der Waals surface area contributed by atoms with Crippen LogP contribution in [0.15, 0.2) is 54.6 Å². The zero-order valence-electron chi connectivity index (χ0n) is 12.9. The Kier molecular flexibility index (Phi) is 3.70. The maximum Gasteiger partial charge on any atom is 0.261 e. The number of hydrogen-bond acceptors (Lipinski definition) is 4. The van der Waals surface area contributed by atoms with E-state index in [4.69, 9.17) is 4.74 Å². The van der Waals surface area contributed by atoms with Gasteiger partial charge in [-0.3, -0.25) is 9.89 Å². The van der Waals surface area contributed by atoms with E-state index in [0.717, 1.165) is 16.9 Å². The van der Waals surface area contributed by atoms with Crippen LogP contribution in [0.1, 0.15) is 11.4 Å². The highest BCUT2D eigenvalue weighted by Crippen LogP contribution is 2.28. The van der Waals surface area contributed by atoms with Crippen LogP contribution in [0, 0.1) is 0 Å². The van der Waals surface area contributed by atoms with Crippen LogP contribution in [-0.4, -0.2) is 27.2 Å². The highest BCUT2D eigenvalue weighted by molar-refractivity contribution is 5.82. The Morgan fingerprint density at radius 2 is 1.96 bits per heavy atom. The molecule has 2 N–H and O–H groups in total. The van der Waals surface area contributed by atoms with Crippen LogP contribution in [-0.2, 0) is 17.8 Å². The number of para-hydroxylation sites is 1. The Balaban J connectivity index is 1.36. The van der Waals surface area contributed by atoms with E-state index in [1.165, 1.54) is 0 Å². The molecule has 2 heterocycles. The Labute approximate surface area is 138 Å². The SMILES string of the molecule is O=C(NCc1nc(-c2ccccc2)n[nH]1)[C@H]1Cc2ccccc2O1. The first-order chi connectivity index (χ1) is 11.8. The summed E-state index contributed by atoms with van der Waals surface area (Å²) in [6.07, 6.45) is 0.104. The van der Waals surface area contributed by atoms with Gasteiger partial charge in [0.2, 0.25) is 0 Å². The zero-order valence-corrected chi connectivity index (χ0v) is 12.9. The lowest BCUT2D eigenvalue weighted by Gasteiger charge is -2.10. The molecule has 1 aromatic heterocycles. The number of carbonyl (C=O) groups excluding carboxylic acids is 1. The average Bonchev–Trinajstić information content (AvgIpc) is 3.27. The lowest BCUT2D eigenvalue weighted by Crippen LogP contribution is -2.37. The van der Waals surface area contributed by atoms with Crippen molar-refractivity contribution in [3.05, 3.63) is 66.0 Å². The molecule has 0 spiro atoms. The maximum atomic E-state index is 12.3. The maximum absolute atomic E-state index is 12.3. The van der Waals surface area contributed by atoms with Gasteiger partial charge in [-0.15, -0.1) is 0 Å². The van der Waals surface area contributed by atoms with Crippen LogP contribution in [0.5, 0.6) is 5.75 Å². The number of aromatic amines is 1. The molecule has 2 aromatic carbocycles. The van der Waals surface area contributed by atoms with Gasteiger partial charge < -0.3 is 10.1 Å². The number of nitrogens with zero attached hydrogens (tertiary/aromatic N) is 2. The lowest BCUT2D eigenvalue weighted by atomic mass is 10.1. The molecule has 6 nitrogen and oxygen atoms in total. The molecule has 0 aliphatic carbocycles. The summed E-state index contributed by atoms with van der Waals surface area (Å²) in [6, 6.07) is 17.4. The molecule has 120 valence electrons. The summed E-state index contributed by atoms with van der Waals surface area (Å²) in [5.41, 5.74) is 1.99. The standard InChI is InChI=1S/C18H16N4O2/c23-18(15-10-13-8-4-5-9-14(13)24-15)19-11-16-20-17(22-21-16)12-6-2-1-3-7-12/h1-9,15H,10-11H2,(H,19,23)(H,20,21,22)/t15-/m1/s1. The second-order valence-electron chi connectivity index (χ2n) is 5.61. The van der Waals surface area contributed by atoms with Gasteiger partial charge in [-0.05, 0) is 11.6 Å². The van der Waals surface area contributed by atoms with Crippen molar-refractivity contribution >= 4 is 5.91 Å². The van der Waals surface area contributed by atoms with Crippen molar-refractivity contribution in [2.24, 2.45) is 0 Å². The number of nitrogens with one attached hydrogen (secondary N) is 2. The molecule has 6 heteroatoms. The van der Waals surface area contributed by atoms with Crippen molar-refractivity contribution in [1.29, 1.82) is 0 Å². The number of fused-ring (bicyclic) bond motifs is 1. The van der Waals surface area contributed by atoms with Gasteiger partial charge in [0.15, 0.2) is 11.9 Å². The fourth-order valence-corrected chi connectivity index (χ4v) is 2.70. The third kappa shape index (κ3) is 2.86. The summed E-state index contributed by atoms with van der Waals surface area (Å²) >= 11 is 0. The van der Waals surface area contributed by atoms with E-state index >= 15 is 0 Å². The van der Waals surface area contributed by atoms with Crippen LogP contribution in [0.2, 0.25) is 0 Å². The van der Waals surface area contributed by atoms with E-state index in [2.05, 4.69) is 20.5 Å². The van der Waals surface area contributed by atoms with E-state index in [0.29, 0.717) is 18.1 Å². The zero-order chi connectivity index (χ0) is 16.4. The molecular formula is C18H16N4O2. The highest BCUT2D eigenvalue weighted by atomic mass is 16.5. The Morgan fingerprint density at radius 3 is 2.79 bits per heavy atom. The molecule has 0 unspecified atom stereocenters. The fraction of sp³-hybridized carbons (Fsp3) is 0.167. The van der Waals surface area contributed by atoms with Crippen LogP contribution in [0.4, 0.5) is 0 Å². The minimum atomic E-state index is -0.487. The molecule has 0 saturated carbocycles. The number of hydrogen-bond donors (Lipinski definition) is 2. The smallest absolute Gasteiger partial charge is 0.261 e. The van der Waals surface area contributed by atoms with Gasteiger partial charge in [0, 0.05) is 12.0 Å². The highest BCUT2D eigenvalue weighted by Gasteiger charge is 2.28. The average molecular weight is 320 g/mol. The molecular weight excluding hydrogens is 304 g/mol. The molecule has 1 amide bonds. The number of ether oxygens (including phenoxy) is 1. The van der Waals surface area contributed by atoms with Crippen LogP contribution < -0.4 is 10.1 Å². The van der Waals surface area contributed by atoms with Crippen molar-refractivity contribution in [3.63, 3.8) is 0 Å². The van der Waals surface area contributed by atoms with Gasteiger partial charge in [-0.1, -0.05) is 48.5 Å². The van der Waals surface area contributed by atoms with E-state index in [1.807, 2.05) is 54.6 Å². The van der Waals surface area contributed by atoms with Crippen LogP contribution in [0.25, 0.3) is 11.4 Å². The molecule has 0 radical (unpaired) electrons. The minimum absolute atomic E-state index is 0.149. The number of amides is 1. The van der Waals surface area contributed by atoms with Crippen LogP contribution in [0.3, 0.4) is 0 Å². The van der Waals surface area contributed by atoms with E-state index in [1.54, 1.807) is 0 Å². The van der Waals surface area contributed by atoms with Gasteiger partial charge >= 0.3 is 0 Å². The van der Waals surface area contributed by atoms with Gasteiger partial charge in [0.1, 0.15) is 11.6 Å². The molecule has 24 heavy (non-hydrogen) atoms. The van der Waals surface area contributed by atoms with Crippen LogP contribution >= 0.6 is 0 Å². The Hall–Kier alpha value is -3.15. The molecule has 1 aliphatic heterocycles. The number of H-pyrrole nitrogens is 1. The number of aromatic nitrogens is 3. The molecule has 1 aliphatic rings. The quantitative estimate of drug-likeness (QED) is 0.771. The first kappa shape index (κ1) is 14.4. The third-order valence-corrected chi connectivity index (χ3v) is 3.93. The minimum Gasteiger partial charge on any atom is -0.480 e. The molecule has 0 saturated heterocycles. The first-order valence-electron chi connectivity index (χ1n) is 7.78. The summed E-state index contributed by atoms with van der Waals surface area (Å²) in [7, 11) is 0. The van der Waals surface area contributed by atoms with Crippen molar-refractivity contribution in [1.82, 2.24) is 20.5 Å². The predicted octanol–water partition coefficient (Wildman–Crippen LogP) is 2.09. The van der Waals surface area contributed by atoms with Gasteiger partial charge in [-0.2, -0.15) is 5.10 Å². The molecule has 4 rings (SSSR count). The normalized spacial score (nSPS) is 15.6. The summed E-state index contributed by atoms with van der Waals surface area (Å²) in [6.45, 7) is 0.287. The fourth-order valence-electron chi connectivity index (χ4n) is 2.70. The molecule has 3 aromatic rings. The number of rotatable bonds is 4. The summed E-state index contributed by atoms with van der Waals surface area (Å²) in [4.78, 5) is 16.7. The predicted molar refractivity (Wildman–Crippen MR) is 88.2 cm³/mol. The molecule has 0 bridgehead atoms. The summed E-state index contributed by atoms with van der Waals surface area (Å²) < 4.78 is 5.67. The lowest BCUT2D eigenvalue weighted by molar-refractivity contribution is -0.127. The molecule has 0 fully saturated rings. The first-order valence-corrected chi connectivity index (χ1v) is 7.78. The monoisotopic (exact) mass is 320 g/mol. The summed E-state index contributed by atoms with van der Waals surface area (Å²) in [5.74, 6) is 1.86. The Bertz CT molecular complexity index is 835. The van der Waals surface area contributed by atoms with Crippen molar-refractivity contribution in [2.45, 2.75) is 19.1 Å². The largest absolute Gasteiger partial charge is 0.480 e. The second kappa shape index (κ2) is 6.16. The second-order valence-corrected chi connectivity index (χ2v) is 5.61. The summed E-state index contributed by atoms with van der Waals surface area (Å²) in [5, 5.41) is 9.87. The number of carbonyl (C=O) groups is 1. The molecule has 1 atom stereocenters. The van der Waals surface area contributed by atoms with Crippen molar-refractivity contribution in [2.75, 3.05) is 0 Å². The van der Waals surface area contributed by atoms with E-state index in [9.17, 15) is 4.79 Å². The van der Waals surface area contributed by atoms with Crippen molar-refractivity contribution in [3.8, 4) is 17.1 Å². The van der Waals surface area contributed by atoms with Gasteiger partial charge in [0.05, 0.1) is 6.54 Å². The number of benzene rings is 2. The Morgan fingerprint density at radius 1 is 1.17 bits per heavy atom. The van der Waals surface area contributed by atoms with E-state index in [-0.39, 0.29) is 12.5 Å². The third-order valence-electron chi connectivity index (χ3n) is 3.93.